The number of carbonyl (C=O) groups excluding carboxylic acids is 2. The molecule has 0 heterocycles. The van der Waals surface area contributed by atoms with Gasteiger partial charge in [0.2, 0.25) is 5.78 Å². The van der Waals surface area contributed by atoms with Gasteiger partial charge in [-0.2, -0.15) is 0 Å². The van der Waals surface area contributed by atoms with Gasteiger partial charge in [0, 0.05) is 18.6 Å². The number of hydrogen-bond donors (Lipinski definition) is 1. The minimum atomic E-state index is -1.57. The van der Waals surface area contributed by atoms with Crippen molar-refractivity contribution in [1.82, 2.24) is 0 Å². The fourth-order valence-corrected chi connectivity index (χ4v) is 1.81. The molecular weight excluding hydrogens is 378 g/mol. The third-order valence-electron chi connectivity index (χ3n) is 3.20. The number of nitro benzene ring substituents is 1. The van der Waals surface area contributed by atoms with E-state index < -0.39 is 29.1 Å². The van der Waals surface area contributed by atoms with E-state index in [9.17, 15) is 24.5 Å². The number of hydrogen-bond acceptors (Lipinski definition) is 9. The van der Waals surface area contributed by atoms with Gasteiger partial charge in [0.15, 0.2) is 0 Å². The van der Waals surface area contributed by atoms with Crippen LogP contribution in [0.15, 0.2) is 24.3 Å². The molecule has 0 amide bonds. The fourth-order valence-electron chi connectivity index (χ4n) is 1.81. The van der Waals surface area contributed by atoms with Crippen LogP contribution in [0.2, 0.25) is 0 Å². The van der Waals surface area contributed by atoms with Crippen LogP contribution in [0.25, 0.3) is 0 Å². The molecule has 0 saturated heterocycles. The number of carboxylic acids is 1. The summed E-state index contributed by atoms with van der Waals surface area (Å²) in [7, 11) is 0. The van der Waals surface area contributed by atoms with Crippen LogP contribution in [-0.2, 0) is 28.6 Å². The van der Waals surface area contributed by atoms with Gasteiger partial charge in [-0.05, 0) is 12.1 Å². The van der Waals surface area contributed by atoms with Crippen LogP contribution in [0, 0.1) is 10.1 Å². The van der Waals surface area contributed by atoms with E-state index in [1.807, 2.05) is 0 Å². The summed E-state index contributed by atoms with van der Waals surface area (Å²) in [5.74, 6) is -2.78. The third kappa shape index (κ3) is 10.2. The van der Waals surface area contributed by atoms with Crippen molar-refractivity contribution in [3.8, 4) is 5.75 Å². The number of carboxylic acid groups (broad SMARTS) is 1. The average Bonchev–Trinajstić information content (AvgIpc) is 2.67. The second kappa shape index (κ2) is 13.2. The van der Waals surface area contributed by atoms with Crippen molar-refractivity contribution in [1.29, 1.82) is 0 Å². The second-order valence-electron chi connectivity index (χ2n) is 5.27. The number of ether oxygens (including phenoxy) is 4. The van der Waals surface area contributed by atoms with E-state index in [4.69, 9.17) is 24.1 Å². The van der Waals surface area contributed by atoms with Gasteiger partial charge in [0.25, 0.3) is 5.69 Å². The lowest BCUT2D eigenvalue weighted by molar-refractivity contribution is -0.384. The van der Waals surface area contributed by atoms with Crippen molar-refractivity contribution in [3.63, 3.8) is 0 Å². The maximum atomic E-state index is 11.3. The summed E-state index contributed by atoms with van der Waals surface area (Å²) in [6.45, 7) is 1.26. The largest absolute Gasteiger partial charge is 0.491 e. The summed E-state index contributed by atoms with van der Waals surface area (Å²) >= 11 is 0. The standard InChI is InChI=1S/C17H21NO10/c19-15(17(21)22)5-6-16(20)28-12-10-26-8-7-25-9-11-27-14-3-1-13(2-4-14)18(23)24/h1-4H,5-12H2,(H,21,22). The number of nitrogens with zero attached hydrogens (tertiary/aromatic N) is 1. The number of carbonyl (C=O) groups is 3. The SMILES string of the molecule is O=C(CCC(=O)C(=O)O)OCCOCCOCCOc1ccc([N+](=O)[O-])cc1. The highest BCUT2D eigenvalue weighted by molar-refractivity contribution is 6.32. The first-order valence-electron chi connectivity index (χ1n) is 8.34. The third-order valence-corrected chi connectivity index (χ3v) is 3.20. The molecule has 0 unspecified atom stereocenters. The molecule has 1 N–H and O–H groups in total. The zero-order valence-corrected chi connectivity index (χ0v) is 15.0. The van der Waals surface area contributed by atoms with E-state index in [1.54, 1.807) is 0 Å². The molecule has 0 atom stereocenters. The molecule has 0 aromatic heterocycles. The number of nitro groups is 1. The molecule has 1 rings (SSSR count). The average molecular weight is 399 g/mol. The molecule has 1 aromatic carbocycles. The van der Waals surface area contributed by atoms with Crippen LogP contribution in [0.5, 0.6) is 5.75 Å². The van der Waals surface area contributed by atoms with Crippen molar-refractivity contribution < 1.29 is 43.4 Å². The van der Waals surface area contributed by atoms with Gasteiger partial charge in [-0.3, -0.25) is 19.7 Å². The first-order chi connectivity index (χ1) is 13.4. The molecule has 11 nitrogen and oxygen atoms in total. The van der Waals surface area contributed by atoms with Crippen LogP contribution in [0.3, 0.4) is 0 Å². The van der Waals surface area contributed by atoms with Gasteiger partial charge in [-0.25, -0.2) is 4.79 Å². The second-order valence-corrected chi connectivity index (χ2v) is 5.27. The predicted octanol–water partition coefficient (Wildman–Crippen LogP) is 0.984. The summed E-state index contributed by atoms with van der Waals surface area (Å²) in [4.78, 5) is 42.4. The van der Waals surface area contributed by atoms with Gasteiger partial charge in [-0.15, -0.1) is 0 Å². The van der Waals surface area contributed by atoms with Gasteiger partial charge in [-0.1, -0.05) is 0 Å². The van der Waals surface area contributed by atoms with Gasteiger partial charge >= 0.3 is 11.9 Å². The summed E-state index contributed by atoms with van der Waals surface area (Å²) in [6.07, 6.45) is -0.687. The normalized spacial score (nSPS) is 10.3. The maximum Gasteiger partial charge on any atom is 0.372 e. The predicted molar refractivity (Wildman–Crippen MR) is 93.1 cm³/mol. The quantitative estimate of drug-likeness (QED) is 0.148. The number of benzene rings is 1. The van der Waals surface area contributed by atoms with E-state index in [1.165, 1.54) is 24.3 Å². The Morgan fingerprint density at radius 1 is 0.893 bits per heavy atom. The maximum absolute atomic E-state index is 11.3. The van der Waals surface area contributed by atoms with E-state index in [2.05, 4.69) is 0 Å². The fraction of sp³-hybridized carbons (Fsp3) is 0.471. The Morgan fingerprint density at radius 3 is 2.04 bits per heavy atom. The summed E-state index contributed by atoms with van der Waals surface area (Å²) in [6, 6.07) is 5.70. The number of rotatable bonds is 15. The molecule has 11 heteroatoms. The topological polar surface area (TPSA) is 152 Å². The van der Waals surface area contributed by atoms with Gasteiger partial charge in [0.05, 0.1) is 37.8 Å². The Bertz CT molecular complexity index is 658. The highest BCUT2D eigenvalue weighted by atomic mass is 16.6. The minimum absolute atomic E-state index is 0.0106. The first kappa shape index (κ1) is 23.0. The molecule has 0 aliphatic carbocycles. The number of esters is 1. The highest BCUT2D eigenvalue weighted by Gasteiger charge is 2.14. The Hall–Kier alpha value is -3.05. The number of non-ortho nitro benzene ring substituents is 1. The van der Waals surface area contributed by atoms with Gasteiger partial charge in [0.1, 0.15) is 19.0 Å². The van der Waals surface area contributed by atoms with E-state index in [-0.39, 0.29) is 38.5 Å². The molecule has 0 aliphatic heterocycles. The Labute approximate surface area is 160 Å². The molecule has 0 radical (unpaired) electrons. The van der Waals surface area contributed by atoms with Crippen molar-refractivity contribution in [2.45, 2.75) is 12.8 Å². The lowest BCUT2D eigenvalue weighted by Gasteiger charge is -2.08. The smallest absolute Gasteiger partial charge is 0.372 e. The number of ketones is 1. The van der Waals surface area contributed by atoms with Crippen LogP contribution in [-0.4, -0.2) is 67.4 Å². The first-order valence-corrected chi connectivity index (χ1v) is 8.34. The van der Waals surface area contributed by atoms with Crippen LogP contribution in [0.1, 0.15) is 12.8 Å². The molecule has 0 bridgehead atoms. The molecule has 0 fully saturated rings. The lowest BCUT2D eigenvalue weighted by atomic mass is 10.2. The molecule has 0 saturated carbocycles. The van der Waals surface area contributed by atoms with Crippen molar-refractivity contribution >= 4 is 23.4 Å². The molecule has 28 heavy (non-hydrogen) atoms. The Balaban J connectivity index is 1.93. The summed E-state index contributed by atoms with van der Waals surface area (Å²) < 4.78 is 20.6. The zero-order chi connectivity index (χ0) is 20.8. The molecule has 0 spiro atoms. The van der Waals surface area contributed by atoms with Crippen molar-refractivity contribution in [2.75, 3.05) is 39.6 Å². The molecular formula is C17H21NO10. The van der Waals surface area contributed by atoms with Crippen molar-refractivity contribution in [2.24, 2.45) is 0 Å². The zero-order valence-electron chi connectivity index (χ0n) is 15.0. The monoisotopic (exact) mass is 399 g/mol. The summed E-state index contributed by atoms with van der Waals surface area (Å²) in [5.41, 5.74) is -0.0137. The van der Waals surface area contributed by atoms with Crippen molar-refractivity contribution in [3.05, 3.63) is 34.4 Å². The Morgan fingerprint density at radius 2 is 1.46 bits per heavy atom. The summed E-state index contributed by atoms with van der Waals surface area (Å²) in [5, 5.41) is 18.9. The van der Waals surface area contributed by atoms with Crippen LogP contribution in [0.4, 0.5) is 5.69 Å². The number of Topliss-reactive ketones (excluding diaryl/α,β-unsaturated/α-hetero) is 1. The van der Waals surface area contributed by atoms with E-state index >= 15 is 0 Å². The molecule has 0 aliphatic rings. The lowest BCUT2D eigenvalue weighted by Crippen LogP contribution is -2.17. The van der Waals surface area contributed by atoms with E-state index in [0.717, 1.165) is 0 Å². The Kier molecular flexibility index (Phi) is 10.8. The molecule has 154 valence electrons. The molecule has 1 aromatic rings. The van der Waals surface area contributed by atoms with Crippen LogP contribution >= 0.6 is 0 Å². The number of aliphatic carboxylic acids is 1. The minimum Gasteiger partial charge on any atom is -0.491 e. The van der Waals surface area contributed by atoms with Crippen LogP contribution < -0.4 is 4.74 Å². The van der Waals surface area contributed by atoms with Gasteiger partial charge < -0.3 is 24.1 Å². The van der Waals surface area contributed by atoms with E-state index in [0.29, 0.717) is 19.0 Å². The highest BCUT2D eigenvalue weighted by Crippen LogP contribution is 2.16.